The Balaban J connectivity index is 1.64. The quantitative estimate of drug-likeness (QED) is 0.359. The molecule has 0 aromatic rings. The van der Waals surface area contributed by atoms with E-state index in [2.05, 4.69) is 0 Å². The summed E-state index contributed by atoms with van der Waals surface area (Å²) >= 11 is 0. The number of carbonyl (C=O) groups excluding carboxylic acids is 4. The minimum absolute atomic E-state index is 0.386. The number of carbonyl (C=O) groups is 4. The molecule has 25 heavy (non-hydrogen) atoms. The van der Waals surface area contributed by atoms with Crippen molar-refractivity contribution in [2.45, 2.75) is 75.8 Å². The summed E-state index contributed by atoms with van der Waals surface area (Å²) in [7, 11) is 0. The summed E-state index contributed by atoms with van der Waals surface area (Å²) in [6.07, 6.45) is 3.53. The molecule has 0 aromatic heterocycles. The number of hydrogen-bond acceptors (Lipinski definition) is 8. The Bertz CT molecular complexity index is 501. The molecule has 0 aliphatic heterocycles. The van der Waals surface area contributed by atoms with Gasteiger partial charge in [-0.05, 0) is 51.4 Å². The van der Waals surface area contributed by atoms with E-state index in [4.69, 9.17) is 18.9 Å². The lowest BCUT2D eigenvalue weighted by atomic mass is 9.88. The first-order chi connectivity index (χ1) is 12.0. The molecule has 4 aliphatic rings. The summed E-state index contributed by atoms with van der Waals surface area (Å²) in [5, 5.41) is 0. The zero-order valence-corrected chi connectivity index (χ0v) is 13.7. The standard InChI is InChI=1S/C17H20O8/c18-13(22-9-1-2-9)17(14(19)23-10-3-4-10,15(20)24-11-5-6-11)16(21)25-12-7-8-12/h9-12H,1-8H2. The molecule has 0 unspecified atom stereocenters. The van der Waals surface area contributed by atoms with Crippen LogP contribution in [0.4, 0.5) is 0 Å². The molecule has 4 saturated carbocycles. The van der Waals surface area contributed by atoms with E-state index in [9.17, 15) is 19.2 Å². The largest absolute Gasteiger partial charge is 0.461 e. The molecule has 4 fully saturated rings. The summed E-state index contributed by atoms with van der Waals surface area (Å²) in [5.74, 6) is -4.96. The average Bonchev–Trinajstić information content (AvgIpc) is 3.38. The predicted molar refractivity (Wildman–Crippen MR) is 78.9 cm³/mol. The normalized spacial score (nSPS) is 22.7. The Morgan fingerprint density at radius 1 is 0.480 bits per heavy atom. The summed E-state index contributed by atoms with van der Waals surface area (Å²) < 4.78 is 20.6. The van der Waals surface area contributed by atoms with Crippen molar-refractivity contribution in [3.63, 3.8) is 0 Å². The van der Waals surface area contributed by atoms with Crippen LogP contribution in [0.3, 0.4) is 0 Å². The van der Waals surface area contributed by atoms with Crippen molar-refractivity contribution in [1.82, 2.24) is 0 Å². The lowest BCUT2D eigenvalue weighted by Gasteiger charge is -2.25. The molecule has 0 saturated heterocycles. The maximum absolute atomic E-state index is 12.7. The monoisotopic (exact) mass is 352 g/mol. The molecule has 0 N–H and O–H groups in total. The van der Waals surface area contributed by atoms with Gasteiger partial charge in [-0.3, -0.25) is 0 Å². The van der Waals surface area contributed by atoms with Gasteiger partial charge in [0.25, 0.3) is 0 Å². The van der Waals surface area contributed by atoms with E-state index in [0.29, 0.717) is 51.4 Å². The highest BCUT2D eigenvalue weighted by Crippen LogP contribution is 2.38. The molecule has 8 nitrogen and oxygen atoms in total. The molecule has 0 aromatic carbocycles. The van der Waals surface area contributed by atoms with Crippen molar-refractivity contribution in [3.05, 3.63) is 0 Å². The van der Waals surface area contributed by atoms with Gasteiger partial charge in [0.05, 0.1) is 0 Å². The SMILES string of the molecule is O=C(OC1CC1)C(C(=O)OC1CC1)(C(=O)OC1CC1)C(=O)OC1CC1. The van der Waals surface area contributed by atoms with E-state index in [1.54, 1.807) is 0 Å². The fraction of sp³-hybridized carbons (Fsp3) is 0.765. The maximum Gasteiger partial charge on any atom is 0.355 e. The van der Waals surface area contributed by atoms with Gasteiger partial charge in [-0.15, -0.1) is 0 Å². The first-order valence-electron chi connectivity index (χ1n) is 8.84. The van der Waals surface area contributed by atoms with E-state index in [0.717, 1.165) is 0 Å². The minimum Gasteiger partial charge on any atom is -0.461 e. The molecule has 0 bridgehead atoms. The lowest BCUT2D eigenvalue weighted by Crippen LogP contribution is -2.56. The average molecular weight is 352 g/mol. The van der Waals surface area contributed by atoms with Gasteiger partial charge in [0, 0.05) is 0 Å². The van der Waals surface area contributed by atoms with E-state index in [1.807, 2.05) is 0 Å². The van der Waals surface area contributed by atoms with Crippen LogP contribution in [0.5, 0.6) is 0 Å². The van der Waals surface area contributed by atoms with Crippen LogP contribution in [0.25, 0.3) is 0 Å². The Morgan fingerprint density at radius 3 is 0.840 bits per heavy atom. The van der Waals surface area contributed by atoms with E-state index < -0.39 is 29.3 Å². The molecule has 136 valence electrons. The van der Waals surface area contributed by atoms with Crippen LogP contribution in [0, 0.1) is 5.41 Å². The molecule has 8 heteroatoms. The van der Waals surface area contributed by atoms with Gasteiger partial charge in [-0.1, -0.05) is 0 Å². The lowest BCUT2D eigenvalue weighted by molar-refractivity contribution is -0.194. The number of ether oxygens (including phenoxy) is 4. The molecule has 0 heterocycles. The topological polar surface area (TPSA) is 105 Å². The molecule has 4 rings (SSSR count). The van der Waals surface area contributed by atoms with Gasteiger partial charge in [-0.25, -0.2) is 19.2 Å². The summed E-state index contributed by atoms with van der Waals surface area (Å²) in [6.45, 7) is 0. The summed E-state index contributed by atoms with van der Waals surface area (Å²) in [6, 6.07) is 0. The van der Waals surface area contributed by atoms with Crippen molar-refractivity contribution in [1.29, 1.82) is 0 Å². The second-order valence-corrected chi connectivity index (χ2v) is 7.17. The van der Waals surface area contributed by atoms with Crippen molar-refractivity contribution in [2.75, 3.05) is 0 Å². The minimum atomic E-state index is -2.82. The third-order valence-corrected chi connectivity index (χ3v) is 4.42. The molecule has 0 amide bonds. The van der Waals surface area contributed by atoms with Crippen molar-refractivity contribution < 1.29 is 38.1 Å². The summed E-state index contributed by atoms with van der Waals surface area (Å²) in [5.41, 5.74) is -2.82. The van der Waals surface area contributed by atoms with E-state index in [-0.39, 0.29) is 24.4 Å². The van der Waals surface area contributed by atoms with Crippen LogP contribution in [-0.2, 0) is 38.1 Å². The fourth-order valence-electron chi connectivity index (χ4n) is 2.20. The number of rotatable bonds is 8. The van der Waals surface area contributed by atoms with Gasteiger partial charge < -0.3 is 18.9 Å². The molecular formula is C17H20O8. The van der Waals surface area contributed by atoms with Crippen molar-refractivity contribution >= 4 is 23.9 Å². The highest BCUT2D eigenvalue weighted by molar-refractivity contribution is 6.33. The smallest absolute Gasteiger partial charge is 0.355 e. The molecular weight excluding hydrogens is 332 g/mol. The predicted octanol–water partition coefficient (Wildman–Crippen LogP) is 0.795. The molecule has 0 atom stereocenters. The summed E-state index contributed by atoms with van der Waals surface area (Å²) in [4.78, 5) is 50.9. The zero-order valence-electron chi connectivity index (χ0n) is 13.7. The van der Waals surface area contributed by atoms with Gasteiger partial charge in [0.15, 0.2) is 0 Å². The van der Waals surface area contributed by atoms with Gasteiger partial charge in [-0.2, -0.15) is 0 Å². The highest BCUT2D eigenvalue weighted by atomic mass is 16.6. The number of esters is 4. The van der Waals surface area contributed by atoms with Gasteiger partial charge in [0.2, 0.25) is 0 Å². The van der Waals surface area contributed by atoms with Crippen LogP contribution >= 0.6 is 0 Å². The highest BCUT2D eigenvalue weighted by Gasteiger charge is 2.68. The van der Waals surface area contributed by atoms with E-state index in [1.165, 1.54) is 0 Å². The van der Waals surface area contributed by atoms with E-state index >= 15 is 0 Å². The zero-order chi connectivity index (χ0) is 17.6. The van der Waals surface area contributed by atoms with Crippen LogP contribution in [0.1, 0.15) is 51.4 Å². The Kier molecular flexibility index (Phi) is 3.92. The Morgan fingerprint density at radius 2 is 0.680 bits per heavy atom. The maximum atomic E-state index is 12.7. The van der Waals surface area contributed by atoms with Crippen LogP contribution < -0.4 is 0 Å². The third-order valence-electron chi connectivity index (χ3n) is 4.42. The van der Waals surface area contributed by atoms with Crippen LogP contribution in [-0.4, -0.2) is 48.3 Å². The Hall–Kier alpha value is -2.12. The molecule has 0 radical (unpaired) electrons. The van der Waals surface area contributed by atoms with Crippen molar-refractivity contribution in [2.24, 2.45) is 5.41 Å². The Labute approximate surface area is 144 Å². The second kappa shape index (κ2) is 6.00. The van der Waals surface area contributed by atoms with Gasteiger partial charge >= 0.3 is 29.3 Å². The number of hydrogen-bond donors (Lipinski definition) is 0. The fourth-order valence-corrected chi connectivity index (χ4v) is 2.20. The van der Waals surface area contributed by atoms with Gasteiger partial charge in [0.1, 0.15) is 24.4 Å². The molecule has 0 spiro atoms. The van der Waals surface area contributed by atoms with Crippen LogP contribution in [0.15, 0.2) is 0 Å². The van der Waals surface area contributed by atoms with Crippen LogP contribution in [0.2, 0.25) is 0 Å². The first-order valence-corrected chi connectivity index (χ1v) is 8.84. The second-order valence-electron chi connectivity index (χ2n) is 7.17. The third kappa shape index (κ3) is 3.48. The first kappa shape index (κ1) is 16.4. The molecule has 4 aliphatic carbocycles. The van der Waals surface area contributed by atoms with Crippen molar-refractivity contribution in [3.8, 4) is 0 Å².